The molecule has 2 amide bonds. The summed E-state index contributed by atoms with van der Waals surface area (Å²) in [6, 6.07) is 10.2. The van der Waals surface area contributed by atoms with Gasteiger partial charge < -0.3 is 10.2 Å². The van der Waals surface area contributed by atoms with Gasteiger partial charge in [-0.1, -0.05) is 36.4 Å². The van der Waals surface area contributed by atoms with Crippen molar-refractivity contribution in [2.75, 3.05) is 19.6 Å². The van der Waals surface area contributed by atoms with Crippen molar-refractivity contribution in [3.63, 3.8) is 0 Å². The molecule has 0 heterocycles. The first kappa shape index (κ1) is 17.0. The van der Waals surface area contributed by atoms with E-state index in [2.05, 4.69) is 24.0 Å². The molecular weight excluding hydrogens is 264 g/mol. The largest absolute Gasteiger partial charge is 0.353 e. The number of aryl methyl sites for hydroxylation is 1. The minimum absolute atomic E-state index is 0.0135. The third kappa shape index (κ3) is 7.30. The average Bonchev–Trinajstić information content (AvgIpc) is 2.49. The molecule has 1 aromatic carbocycles. The monoisotopic (exact) mass is 288 g/mol. The van der Waals surface area contributed by atoms with Gasteiger partial charge in [-0.3, -0.25) is 9.59 Å². The van der Waals surface area contributed by atoms with Crippen molar-refractivity contribution in [2.24, 2.45) is 0 Å². The second-order valence-electron chi connectivity index (χ2n) is 4.94. The lowest BCUT2D eigenvalue weighted by molar-refractivity contribution is -0.129. The predicted octanol–water partition coefficient (Wildman–Crippen LogP) is 2.16. The van der Waals surface area contributed by atoms with Crippen LogP contribution in [0.25, 0.3) is 0 Å². The van der Waals surface area contributed by atoms with Crippen LogP contribution in [0.4, 0.5) is 0 Å². The Morgan fingerprint density at radius 3 is 2.57 bits per heavy atom. The molecule has 4 heteroatoms. The Balaban J connectivity index is 2.31. The van der Waals surface area contributed by atoms with Gasteiger partial charge in [0.2, 0.25) is 11.8 Å². The van der Waals surface area contributed by atoms with Crippen LogP contribution in [0, 0.1) is 0 Å². The number of carbonyl (C=O) groups is 2. The van der Waals surface area contributed by atoms with E-state index in [1.165, 1.54) is 5.56 Å². The summed E-state index contributed by atoms with van der Waals surface area (Å²) in [7, 11) is 0. The van der Waals surface area contributed by atoms with Crippen molar-refractivity contribution in [2.45, 2.75) is 26.2 Å². The molecule has 0 spiro atoms. The Hall–Kier alpha value is -2.10. The summed E-state index contributed by atoms with van der Waals surface area (Å²) in [6.45, 7) is 6.70. The van der Waals surface area contributed by atoms with Gasteiger partial charge in [-0.05, 0) is 18.4 Å². The van der Waals surface area contributed by atoms with Gasteiger partial charge in [0.25, 0.3) is 0 Å². The van der Waals surface area contributed by atoms with Gasteiger partial charge in [-0.2, -0.15) is 0 Å². The maximum Gasteiger partial charge on any atom is 0.222 e. The maximum atomic E-state index is 11.6. The van der Waals surface area contributed by atoms with Crippen molar-refractivity contribution in [1.29, 1.82) is 0 Å². The molecule has 0 fully saturated rings. The quantitative estimate of drug-likeness (QED) is 0.708. The van der Waals surface area contributed by atoms with E-state index in [-0.39, 0.29) is 11.8 Å². The lowest BCUT2D eigenvalue weighted by atomic mass is 10.1. The first-order valence-corrected chi connectivity index (χ1v) is 7.30. The van der Waals surface area contributed by atoms with Gasteiger partial charge in [0.1, 0.15) is 0 Å². The lowest BCUT2D eigenvalue weighted by Gasteiger charge is -2.20. The van der Waals surface area contributed by atoms with Crippen molar-refractivity contribution in [3.05, 3.63) is 48.6 Å². The van der Waals surface area contributed by atoms with Crippen molar-refractivity contribution >= 4 is 11.8 Å². The lowest BCUT2D eigenvalue weighted by Crippen LogP contribution is -2.34. The Morgan fingerprint density at radius 1 is 1.24 bits per heavy atom. The van der Waals surface area contributed by atoms with Crippen LogP contribution < -0.4 is 5.32 Å². The molecule has 0 aliphatic rings. The molecule has 0 atom stereocenters. The summed E-state index contributed by atoms with van der Waals surface area (Å²) in [5.74, 6) is -0.0382. The van der Waals surface area contributed by atoms with E-state index >= 15 is 0 Å². The second-order valence-corrected chi connectivity index (χ2v) is 4.94. The fraction of sp³-hybridized carbons (Fsp3) is 0.412. The first-order chi connectivity index (χ1) is 10.1. The molecule has 0 aliphatic heterocycles. The van der Waals surface area contributed by atoms with Crippen LogP contribution in [0.15, 0.2) is 43.0 Å². The topological polar surface area (TPSA) is 49.4 Å². The van der Waals surface area contributed by atoms with Crippen LogP contribution in [0.5, 0.6) is 0 Å². The van der Waals surface area contributed by atoms with Gasteiger partial charge in [-0.25, -0.2) is 0 Å². The molecule has 21 heavy (non-hydrogen) atoms. The minimum Gasteiger partial charge on any atom is -0.353 e. The molecule has 1 rings (SSSR count). The van der Waals surface area contributed by atoms with E-state index in [1.54, 1.807) is 17.9 Å². The van der Waals surface area contributed by atoms with Gasteiger partial charge in [0, 0.05) is 33.0 Å². The van der Waals surface area contributed by atoms with E-state index in [1.807, 2.05) is 18.2 Å². The highest BCUT2D eigenvalue weighted by Crippen LogP contribution is 2.04. The Labute approximate surface area is 126 Å². The Kier molecular flexibility index (Phi) is 7.87. The summed E-state index contributed by atoms with van der Waals surface area (Å²) in [6.07, 6.45) is 3.81. The summed E-state index contributed by atoms with van der Waals surface area (Å²) >= 11 is 0. The van der Waals surface area contributed by atoms with E-state index in [4.69, 9.17) is 0 Å². The minimum atomic E-state index is -0.0517. The Bertz CT molecular complexity index is 457. The third-order valence-electron chi connectivity index (χ3n) is 3.23. The highest BCUT2D eigenvalue weighted by atomic mass is 16.2. The van der Waals surface area contributed by atoms with E-state index in [0.29, 0.717) is 26.1 Å². The standard InChI is InChI=1S/C17H24N2O2/c1-3-12-18-17(21)11-14-19(15(2)20)13-7-10-16-8-5-4-6-9-16/h3-6,8-9H,1,7,10-14H2,2H3,(H,18,21). The zero-order chi connectivity index (χ0) is 15.5. The van der Waals surface area contributed by atoms with Crippen LogP contribution in [0.3, 0.4) is 0 Å². The molecule has 0 saturated carbocycles. The van der Waals surface area contributed by atoms with Gasteiger partial charge >= 0.3 is 0 Å². The van der Waals surface area contributed by atoms with Crippen LogP contribution in [0.1, 0.15) is 25.3 Å². The highest BCUT2D eigenvalue weighted by molar-refractivity contribution is 5.78. The summed E-state index contributed by atoms with van der Waals surface area (Å²) in [5.41, 5.74) is 1.27. The van der Waals surface area contributed by atoms with Gasteiger partial charge in [0.15, 0.2) is 0 Å². The maximum absolute atomic E-state index is 11.6. The molecule has 114 valence electrons. The zero-order valence-corrected chi connectivity index (χ0v) is 12.7. The summed E-state index contributed by atoms with van der Waals surface area (Å²) in [5, 5.41) is 2.71. The molecule has 0 unspecified atom stereocenters. The SMILES string of the molecule is C=CCNC(=O)CCN(CCCc1ccccc1)C(C)=O. The molecule has 1 N–H and O–H groups in total. The average molecular weight is 288 g/mol. The summed E-state index contributed by atoms with van der Waals surface area (Å²) in [4.78, 5) is 24.9. The number of rotatable bonds is 9. The number of hydrogen-bond acceptors (Lipinski definition) is 2. The van der Waals surface area contributed by atoms with Gasteiger partial charge in [-0.15, -0.1) is 6.58 Å². The molecule has 0 saturated heterocycles. The van der Waals surface area contributed by atoms with Crippen LogP contribution in [-0.2, 0) is 16.0 Å². The molecule has 4 nitrogen and oxygen atoms in total. The number of nitrogens with one attached hydrogen (secondary N) is 1. The molecule has 0 aliphatic carbocycles. The molecule has 1 aromatic rings. The predicted molar refractivity (Wildman–Crippen MR) is 84.8 cm³/mol. The molecule has 0 radical (unpaired) electrons. The van der Waals surface area contributed by atoms with Crippen LogP contribution in [0.2, 0.25) is 0 Å². The molecular formula is C17H24N2O2. The molecule has 0 bridgehead atoms. The fourth-order valence-electron chi connectivity index (χ4n) is 2.06. The Morgan fingerprint density at radius 2 is 1.95 bits per heavy atom. The van der Waals surface area contributed by atoms with Crippen molar-refractivity contribution < 1.29 is 9.59 Å². The van der Waals surface area contributed by atoms with E-state index in [0.717, 1.165) is 12.8 Å². The fourth-order valence-corrected chi connectivity index (χ4v) is 2.06. The molecule has 0 aromatic heterocycles. The first-order valence-electron chi connectivity index (χ1n) is 7.30. The van der Waals surface area contributed by atoms with Crippen LogP contribution in [-0.4, -0.2) is 36.3 Å². The number of amides is 2. The number of benzene rings is 1. The van der Waals surface area contributed by atoms with E-state index in [9.17, 15) is 9.59 Å². The number of hydrogen-bond donors (Lipinski definition) is 1. The third-order valence-corrected chi connectivity index (χ3v) is 3.23. The summed E-state index contributed by atoms with van der Waals surface area (Å²) < 4.78 is 0. The van der Waals surface area contributed by atoms with Crippen LogP contribution >= 0.6 is 0 Å². The smallest absolute Gasteiger partial charge is 0.222 e. The number of nitrogens with zero attached hydrogens (tertiary/aromatic N) is 1. The second kappa shape index (κ2) is 9.75. The van der Waals surface area contributed by atoms with Gasteiger partial charge in [0.05, 0.1) is 0 Å². The highest BCUT2D eigenvalue weighted by Gasteiger charge is 2.10. The zero-order valence-electron chi connectivity index (χ0n) is 12.7. The van der Waals surface area contributed by atoms with Crippen molar-refractivity contribution in [1.82, 2.24) is 10.2 Å². The number of carbonyl (C=O) groups excluding carboxylic acids is 2. The van der Waals surface area contributed by atoms with Crippen molar-refractivity contribution in [3.8, 4) is 0 Å². The van der Waals surface area contributed by atoms with E-state index < -0.39 is 0 Å². The normalized spacial score (nSPS) is 9.95.